The number of hydrogen-bond donors (Lipinski definition) is 1. The van der Waals surface area contributed by atoms with Gasteiger partial charge in [-0.15, -0.1) is 0 Å². The van der Waals surface area contributed by atoms with Crippen molar-refractivity contribution in [1.82, 2.24) is 0 Å². The van der Waals surface area contributed by atoms with E-state index in [-0.39, 0.29) is 6.10 Å². The predicted molar refractivity (Wildman–Crippen MR) is 55.9 cm³/mol. The lowest BCUT2D eigenvalue weighted by atomic mass is 9.99. The highest BCUT2D eigenvalue weighted by atomic mass is 16.5. The third kappa shape index (κ3) is 3.47. The van der Waals surface area contributed by atoms with E-state index in [2.05, 4.69) is 0 Å². The lowest BCUT2D eigenvalue weighted by Gasteiger charge is -2.32. The van der Waals surface area contributed by atoms with Gasteiger partial charge in [-0.05, 0) is 26.2 Å². The van der Waals surface area contributed by atoms with Crippen LogP contribution in [0.15, 0.2) is 0 Å². The Labute approximate surface area is 90.6 Å². The molecule has 4 heteroatoms. The molecule has 0 bridgehead atoms. The molecule has 1 fully saturated rings. The molecule has 0 aromatic heterocycles. The summed E-state index contributed by atoms with van der Waals surface area (Å²) < 4.78 is 10.9. The molecule has 1 N–H and O–H groups in total. The topological polar surface area (TPSA) is 55.8 Å². The van der Waals surface area contributed by atoms with E-state index in [1.54, 1.807) is 6.92 Å². The number of carboxylic acids is 1. The smallest absolute Gasteiger partial charge is 0.335 e. The van der Waals surface area contributed by atoms with Crippen LogP contribution < -0.4 is 0 Å². The van der Waals surface area contributed by atoms with E-state index in [0.29, 0.717) is 19.6 Å². The van der Waals surface area contributed by atoms with E-state index in [4.69, 9.17) is 14.6 Å². The summed E-state index contributed by atoms with van der Waals surface area (Å²) in [6.07, 6.45) is 3.00. The monoisotopic (exact) mass is 216 g/mol. The molecule has 0 aliphatic carbocycles. The third-order valence-electron chi connectivity index (χ3n) is 2.77. The molecule has 1 atom stereocenters. The quantitative estimate of drug-likeness (QED) is 0.761. The van der Waals surface area contributed by atoms with Gasteiger partial charge in [-0.3, -0.25) is 0 Å². The zero-order valence-electron chi connectivity index (χ0n) is 9.49. The lowest BCUT2D eigenvalue weighted by Crippen LogP contribution is -2.43. The highest BCUT2D eigenvalue weighted by molar-refractivity contribution is 5.76. The van der Waals surface area contributed by atoms with E-state index in [1.807, 2.05) is 6.92 Å². The van der Waals surface area contributed by atoms with Crippen LogP contribution in [0.3, 0.4) is 0 Å². The van der Waals surface area contributed by atoms with Crippen LogP contribution >= 0.6 is 0 Å². The van der Waals surface area contributed by atoms with Crippen molar-refractivity contribution in [3.63, 3.8) is 0 Å². The molecule has 0 spiro atoms. The molecular weight excluding hydrogens is 196 g/mol. The maximum atomic E-state index is 11.1. The van der Waals surface area contributed by atoms with Gasteiger partial charge >= 0.3 is 5.97 Å². The van der Waals surface area contributed by atoms with Crippen LogP contribution in [-0.4, -0.2) is 36.0 Å². The third-order valence-corrected chi connectivity index (χ3v) is 2.77. The van der Waals surface area contributed by atoms with E-state index in [1.165, 1.54) is 0 Å². The number of carboxylic acid groups (broad SMARTS) is 1. The first-order valence-corrected chi connectivity index (χ1v) is 5.57. The summed E-state index contributed by atoms with van der Waals surface area (Å²) >= 11 is 0. The van der Waals surface area contributed by atoms with Crippen molar-refractivity contribution in [2.45, 2.75) is 51.2 Å². The first kappa shape index (κ1) is 12.5. The lowest BCUT2D eigenvalue weighted by molar-refractivity contribution is -0.178. The molecule has 0 radical (unpaired) electrons. The van der Waals surface area contributed by atoms with Gasteiger partial charge in [-0.2, -0.15) is 0 Å². The average molecular weight is 216 g/mol. The van der Waals surface area contributed by atoms with Gasteiger partial charge in [0.15, 0.2) is 5.60 Å². The second-order valence-corrected chi connectivity index (χ2v) is 4.22. The molecule has 1 saturated heterocycles. The molecule has 0 amide bonds. The van der Waals surface area contributed by atoms with Gasteiger partial charge in [0.05, 0.1) is 6.10 Å². The Morgan fingerprint density at radius 2 is 2.13 bits per heavy atom. The number of carbonyl (C=O) groups is 1. The van der Waals surface area contributed by atoms with Gasteiger partial charge in [0.25, 0.3) is 0 Å². The van der Waals surface area contributed by atoms with Gasteiger partial charge in [-0.1, -0.05) is 13.3 Å². The fourth-order valence-corrected chi connectivity index (χ4v) is 1.85. The minimum Gasteiger partial charge on any atom is -0.479 e. The summed E-state index contributed by atoms with van der Waals surface area (Å²) in [5.41, 5.74) is -1.03. The fraction of sp³-hybridized carbons (Fsp3) is 0.909. The van der Waals surface area contributed by atoms with E-state index >= 15 is 0 Å². The Bertz CT molecular complexity index is 211. The molecule has 4 nitrogen and oxygen atoms in total. The van der Waals surface area contributed by atoms with Crippen molar-refractivity contribution in [3.05, 3.63) is 0 Å². The van der Waals surface area contributed by atoms with E-state index in [9.17, 15) is 4.79 Å². The molecule has 1 heterocycles. The first-order chi connectivity index (χ1) is 7.08. The minimum atomic E-state index is -1.03. The van der Waals surface area contributed by atoms with Crippen LogP contribution in [0.1, 0.15) is 39.5 Å². The SMILES string of the molecule is CCCC(C)(OC1CCOCC1)C(=O)O. The largest absolute Gasteiger partial charge is 0.479 e. The molecule has 1 rings (SSSR count). The van der Waals surface area contributed by atoms with Crippen molar-refractivity contribution < 1.29 is 19.4 Å². The van der Waals surface area contributed by atoms with Gasteiger partial charge in [-0.25, -0.2) is 4.79 Å². The molecule has 1 aliphatic heterocycles. The summed E-state index contributed by atoms with van der Waals surface area (Å²) in [4.78, 5) is 11.1. The zero-order chi connectivity index (χ0) is 11.3. The summed E-state index contributed by atoms with van der Waals surface area (Å²) in [6, 6.07) is 0. The standard InChI is InChI=1S/C11H20O4/c1-3-6-11(2,10(12)13)15-9-4-7-14-8-5-9/h9H,3-8H2,1-2H3,(H,12,13). The Hall–Kier alpha value is -0.610. The van der Waals surface area contributed by atoms with Crippen molar-refractivity contribution in [3.8, 4) is 0 Å². The highest BCUT2D eigenvalue weighted by Crippen LogP contribution is 2.24. The van der Waals surface area contributed by atoms with Crippen LogP contribution in [0.4, 0.5) is 0 Å². The van der Waals surface area contributed by atoms with E-state index in [0.717, 1.165) is 19.3 Å². The molecule has 15 heavy (non-hydrogen) atoms. The van der Waals surface area contributed by atoms with E-state index < -0.39 is 11.6 Å². The number of aliphatic carboxylic acids is 1. The van der Waals surface area contributed by atoms with Crippen molar-refractivity contribution in [1.29, 1.82) is 0 Å². The van der Waals surface area contributed by atoms with Gasteiger partial charge in [0.1, 0.15) is 0 Å². The Morgan fingerprint density at radius 3 is 2.60 bits per heavy atom. The van der Waals surface area contributed by atoms with Crippen LogP contribution in [0.2, 0.25) is 0 Å². The van der Waals surface area contributed by atoms with Crippen molar-refractivity contribution >= 4 is 5.97 Å². The van der Waals surface area contributed by atoms with Crippen LogP contribution in [0, 0.1) is 0 Å². The molecule has 1 unspecified atom stereocenters. The van der Waals surface area contributed by atoms with Crippen LogP contribution in [-0.2, 0) is 14.3 Å². The second kappa shape index (κ2) is 5.47. The maximum absolute atomic E-state index is 11.1. The fourth-order valence-electron chi connectivity index (χ4n) is 1.85. The van der Waals surface area contributed by atoms with Gasteiger partial charge in [0.2, 0.25) is 0 Å². The van der Waals surface area contributed by atoms with Gasteiger partial charge < -0.3 is 14.6 Å². The summed E-state index contributed by atoms with van der Waals surface area (Å²) in [6.45, 7) is 4.97. The maximum Gasteiger partial charge on any atom is 0.335 e. The predicted octanol–water partition coefficient (Wildman–Crippen LogP) is 1.83. The Kier molecular flexibility index (Phi) is 4.54. The molecule has 0 aromatic carbocycles. The Balaban J connectivity index is 2.52. The number of hydrogen-bond acceptors (Lipinski definition) is 3. The molecule has 1 aliphatic rings. The van der Waals surface area contributed by atoms with Crippen molar-refractivity contribution in [2.75, 3.05) is 13.2 Å². The van der Waals surface area contributed by atoms with Crippen molar-refractivity contribution in [2.24, 2.45) is 0 Å². The highest BCUT2D eigenvalue weighted by Gasteiger charge is 2.36. The summed E-state index contributed by atoms with van der Waals surface area (Å²) in [5.74, 6) is -0.865. The summed E-state index contributed by atoms with van der Waals surface area (Å²) in [7, 11) is 0. The number of rotatable bonds is 5. The van der Waals surface area contributed by atoms with Crippen LogP contribution in [0.25, 0.3) is 0 Å². The average Bonchev–Trinajstić information content (AvgIpc) is 2.19. The Morgan fingerprint density at radius 1 is 1.53 bits per heavy atom. The molecule has 0 saturated carbocycles. The minimum absolute atomic E-state index is 0.0337. The number of ether oxygens (including phenoxy) is 2. The van der Waals surface area contributed by atoms with Gasteiger partial charge in [0, 0.05) is 13.2 Å². The molecule has 88 valence electrons. The van der Waals surface area contributed by atoms with Crippen LogP contribution in [0.5, 0.6) is 0 Å². The zero-order valence-corrected chi connectivity index (χ0v) is 9.49. The second-order valence-electron chi connectivity index (χ2n) is 4.22. The normalized spacial score (nSPS) is 22.3. The first-order valence-electron chi connectivity index (χ1n) is 5.57. The summed E-state index contributed by atoms with van der Waals surface area (Å²) in [5, 5.41) is 9.14. The molecule has 0 aromatic rings. The molecular formula is C11H20O4.